The van der Waals surface area contributed by atoms with Crippen LogP contribution in [0, 0.1) is 6.92 Å². The maximum atomic E-state index is 12.2. The Morgan fingerprint density at radius 2 is 1.93 bits per heavy atom. The molecule has 148 valence electrons. The molecule has 3 rings (SSSR count). The van der Waals surface area contributed by atoms with Crippen LogP contribution in [0.4, 0.5) is 5.69 Å². The molecule has 0 atom stereocenters. The summed E-state index contributed by atoms with van der Waals surface area (Å²) in [6.07, 6.45) is 1.17. The minimum atomic E-state index is -0.761. The van der Waals surface area contributed by atoms with Crippen molar-refractivity contribution < 1.29 is 14.6 Å². The van der Waals surface area contributed by atoms with Gasteiger partial charge < -0.3 is 9.84 Å². The van der Waals surface area contributed by atoms with Gasteiger partial charge >= 0.3 is 11.7 Å². The van der Waals surface area contributed by atoms with Crippen molar-refractivity contribution in [3.63, 3.8) is 0 Å². The SMILES string of the molecule is CCOC(=O)c1ccc(N=Cc2c(O)n(-c3cccc(C)c3)c(=O)[nH]c2=O)cc1. The van der Waals surface area contributed by atoms with Crippen molar-refractivity contribution in [1.29, 1.82) is 0 Å². The number of benzene rings is 2. The average Bonchev–Trinajstić information content (AvgIpc) is 2.68. The van der Waals surface area contributed by atoms with Gasteiger partial charge in [-0.25, -0.2) is 14.2 Å². The van der Waals surface area contributed by atoms with Gasteiger partial charge in [0.1, 0.15) is 5.56 Å². The Hall–Kier alpha value is -3.94. The Labute approximate surface area is 165 Å². The Morgan fingerprint density at radius 1 is 1.21 bits per heavy atom. The predicted octanol–water partition coefficient (Wildman–Crippen LogP) is 2.47. The maximum absolute atomic E-state index is 12.2. The molecule has 0 fully saturated rings. The number of carbonyl (C=O) groups excluding carboxylic acids is 1. The van der Waals surface area contributed by atoms with Gasteiger partial charge in [-0.2, -0.15) is 0 Å². The van der Waals surface area contributed by atoms with E-state index in [4.69, 9.17) is 4.74 Å². The summed E-state index contributed by atoms with van der Waals surface area (Å²) in [5.74, 6) is -0.960. The molecule has 2 N–H and O–H groups in total. The fourth-order valence-corrected chi connectivity index (χ4v) is 2.70. The fraction of sp³-hybridized carbons (Fsp3) is 0.143. The van der Waals surface area contributed by atoms with Crippen molar-refractivity contribution >= 4 is 17.9 Å². The van der Waals surface area contributed by atoms with Crippen molar-refractivity contribution in [1.82, 2.24) is 9.55 Å². The molecule has 0 radical (unpaired) electrons. The van der Waals surface area contributed by atoms with E-state index in [9.17, 15) is 19.5 Å². The first-order valence-electron chi connectivity index (χ1n) is 8.87. The minimum Gasteiger partial charge on any atom is -0.493 e. The zero-order valence-electron chi connectivity index (χ0n) is 15.9. The lowest BCUT2D eigenvalue weighted by Gasteiger charge is -2.10. The molecule has 29 heavy (non-hydrogen) atoms. The first-order chi connectivity index (χ1) is 13.9. The normalized spacial score (nSPS) is 11.0. The third-order valence-electron chi connectivity index (χ3n) is 4.10. The van der Waals surface area contributed by atoms with E-state index in [1.54, 1.807) is 49.4 Å². The minimum absolute atomic E-state index is 0.166. The van der Waals surface area contributed by atoms with Crippen LogP contribution in [0.2, 0.25) is 0 Å². The van der Waals surface area contributed by atoms with Crippen molar-refractivity contribution in [2.45, 2.75) is 13.8 Å². The van der Waals surface area contributed by atoms with Crippen molar-refractivity contribution in [2.24, 2.45) is 4.99 Å². The summed E-state index contributed by atoms with van der Waals surface area (Å²) < 4.78 is 5.91. The number of aryl methyl sites for hydroxylation is 1. The first-order valence-corrected chi connectivity index (χ1v) is 8.87. The molecule has 8 heteroatoms. The summed E-state index contributed by atoms with van der Waals surface area (Å²) in [4.78, 5) is 42.4. The summed E-state index contributed by atoms with van der Waals surface area (Å²) in [6.45, 7) is 3.84. The molecule has 0 spiro atoms. The van der Waals surface area contributed by atoms with Crippen molar-refractivity contribution in [3.05, 3.63) is 86.1 Å². The summed E-state index contributed by atoms with van der Waals surface area (Å²) in [7, 11) is 0. The number of rotatable bonds is 5. The summed E-state index contributed by atoms with van der Waals surface area (Å²) in [5.41, 5.74) is 0.441. The number of ether oxygens (including phenoxy) is 1. The van der Waals surface area contributed by atoms with Gasteiger partial charge in [0.2, 0.25) is 5.88 Å². The standard InChI is InChI=1S/C21H19N3O5/c1-3-29-20(27)14-7-9-15(10-8-14)22-12-17-18(25)23-21(28)24(19(17)26)16-6-4-5-13(2)11-16/h4-12,26H,3H2,1-2H3,(H,23,25,28). The van der Waals surface area contributed by atoms with E-state index in [0.29, 0.717) is 16.9 Å². The van der Waals surface area contributed by atoms with Crippen LogP contribution in [0.1, 0.15) is 28.4 Å². The number of aromatic amines is 1. The number of aliphatic imine (C=N–C) groups is 1. The van der Waals surface area contributed by atoms with Gasteiger partial charge in [0, 0.05) is 6.21 Å². The fourth-order valence-electron chi connectivity index (χ4n) is 2.70. The summed E-state index contributed by atoms with van der Waals surface area (Å²) in [5, 5.41) is 10.5. The summed E-state index contributed by atoms with van der Waals surface area (Å²) in [6, 6.07) is 13.2. The molecule has 0 aliphatic carbocycles. The monoisotopic (exact) mass is 393 g/mol. The molecule has 0 unspecified atom stereocenters. The highest BCUT2D eigenvalue weighted by Crippen LogP contribution is 2.18. The number of hydrogen-bond donors (Lipinski definition) is 2. The van der Waals surface area contributed by atoms with Crippen LogP contribution < -0.4 is 11.2 Å². The molecule has 0 saturated heterocycles. The zero-order chi connectivity index (χ0) is 21.0. The Balaban J connectivity index is 1.97. The highest BCUT2D eigenvalue weighted by Gasteiger charge is 2.14. The maximum Gasteiger partial charge on any atom is 0.338 e. The molecular weight excluding hydrogens is 374 g/mol. The average molecular weight is 393 g/mol. The van der Waals surface area contributed by atoms with E-state index in [-0.39, 0.29) is 12.2 Å². The third kappa shape index (κ3) is 4.32. The van der Waals surface area contributed by atoms with Crippen LogP contribution in [-0.2, 0) is 4.74 Å². The first kappa shape index (κ1) is 19.8. The lowest BCUT2D eigenvalue weighted by atomic mass is 10.2. The third-order valence-corrected chi connectivity index (χ3v) is 4.10. The highest BCUT2D eigenvalue weighted by molar-refractivity contribution is 5.90. The number of nitrogens with one attached hydrogen (secondary N) is 1. The zero-order valence-corrected chi connectivity index (χ0v) is 15.9. The molecule has 8 nitrogen and oxygen atoms in total. The van der Waals surface area contributed by atoms with E-state index in [0.717, 1.165) is 10.1 Å². The highest BCUT2D eigenvalue weighted by atomic mass is 16.5. The largest absolute Gasteiger partial charge is 0.493 e. The number of esters is 1. The van der Waals surface area contributed by atoms with Gasteiger partial charge in [-0.3, -0.25) is 14.8 Å². The number of carbonyl (C=O) groups is 1. The molecule has 0 bridgehead atoms. The van der Waals surface area contributed by atoms with E-state index >= 15 is 0 Å². The van der Waals surface area contributed by atoms with Gasteiger partial charge in [0.25, 0.3) is 5.56 Å². The van der Waals surface area contributed by atoms with E-state index in [2.05, 4.69) is 9.98 Å². The van der Waals surface area contributed by atoms with Crippen LogP contribution in [0.5, 0.6) is 5.88 Å². The number of aromatic nitrogens is 2. The summed E-state index contributed by atoms with van der Waals surface area (Å²) >= 11 is 0. The molecule has 3 aromatic rings. The van der Waals surface area contributed by atoms with E-state index in [1.807, 2.05) is 13.0 Å². The van der Waals surface area contributed by atoms with Crippen molar-refractivity contribution in [2.75, 3.05) is 6.61 Å². The quantitative estimate of drug-likeness (QED) is 0.511. The van der Waals surface area contributed by atoms with Crippen LogP contribution in [0.15, 0.2) is 63.1 Å². The van der Waals surface area contributed by atoms with Gasteiger partial charge in [-0.1, -0.05) is 12.1 Å². The lowest BCUT2D eigenvalue weighted by Crippen LogP contribution is -2.31. The number of nitrogens with zero attached hydrogens (tertiary/aromatic N) is 2. The van der Waals surface area contributed by atoms with Crippen LogP contribution in [0.3, 0.4) is 0 Å². The topological polar surface area (TPSA) is 114 Å². The molecule has 2 aromatic carbocycles. The second-order valence-electron chi connectivity index (χ2n) is 6.20. The molecule has 1 heterocycles. The molecular formula is C21H19N3O5. The molecule has 0 aliphatic rings. The number of aromatic hydroxyl groups is 1. The van der Waals surface area contributed by atoms with E-state index in [1.165, 1.54) is 6.21 Å². The second kappa shape index (κ2) is 8.39. The van der Waals surface area contributed by atoms with Crippen LogP contribution >= 0.6 is 0 Å². The van der Waals surface area contributed by atoms with Gasteiger partial charge in [-0.15, -0.1) is 0 Å². The predicted molar refractivity (Wildman–Crippen MR) is 109 cm³/mol. The molecule has 0 amide bonds. The molecule has 1 aromatic heterocycles. The Bertz CT molecular complexity index is 1190. The van der Waals surface area contributed by atoms with Gasteiger partial charge in [0.05, 0.1) is 23.5 Å². The second-order valence-corrected chi connectivity index (χ2v) is 6.20. The van der Waals surface area contributed by atoms with E-state index < -0.39 is 23.1 Å². The van der Waals surface area contributed by atoms with Crippen LogP contribution in [0.25, 0.3) is 5.69 Å². The Morgan fingerprint density at radius 3 is 2.59 bits per heavy atom. The lowest BCUT2D eigenvalue weighted by molar-refractivity contribution is 0.0526. The molecule has 0 aliphatic heterocycles. The van der Waals surface area contributed by atoms with Gasteiger partial charge in [-0.05, 0) is 55.8 Å². The number of H-pyrrole nitrogens is 1. The van der Waals surface area contributed by atoms with Crippen LogP contribution in [-0.4, -0.2) is 33.4 Å². The van der Waals surface area contributed by atoms with Crippen molar-refractivity contribution in [3.8, 4) is 11.6 Å². The Kier molecular flexibility index (Phi) is 5.73. The van der Waals surface area contributed by atoms with Gasteiger partial charge in [0.15, 0.2) is 0 Å². The molecule has 0 saturated carbocycles. The number of hydrogen-bond acceptors (Lipinski definition) is 6. The smallest absolute Gasteiger partial charge is 0.338 e.